The number of aromatic amines is 1. The first-order chi connectivity index (χ1) is 10.7. The number of amides is 1. The lowest BCUT2D eigenvalue weighted by molar-refractivity contribution is 0.100. The lowest BCUT2D eigenvalue weighted by Crippen LogP contribution is -2.11. The highest BCUT2D eigenvalue weighted by Crippen LogP contribution is 2.25. The number of hydrogen-bond acceptors (Lipinski definition) is 4. The Balaban J connectivity index is 2.03. The number of carbonyl (C=O) groups is 1. The number of rotatable bonds is 5. The summed E-state index contributed by atoms with van der Waals surface area (Å²) in [4.78, 5) is 19.1. The number of nitrogens with two attached hydrogens (primary N) is 2. The van der Waals surface area contributed by atoms with Gasteiger partial charge in [-0.05, 0) is 24.3 Å². The van der Waals surface area contributed by atoms with Crippen LogP contribution >= 0.6 is 0 Å². The maximum atomic E-state index is 11.5. The number of H-pyrrole nitrogens is 1. The van der Waals surface area contributed by atoms with Crippen molar-refractivity contribution in [1.82, 2.24) is 9.97 Å². The molecule has 2 aromatic carbocycles. The van der Waals surface area contributed by atoms with Gasteiger partial charge in [-0.1, -0.05) is 18.2 Å². The summed E-state index contributed by atoms with van der Waals surface area (Å²) in [5, 5.41) is 0. The first-order valence-corrected chi connectivity index (χ1v) is 6.91. The monoisotopic (exact) mass is 296 g/mol. The summed E-state index contributed by atoms with van der Waals surface area (Å²) in [6.07, 6.45) is 0. The van der Waals surface area contributed by atoms with Crippen LogP contribution in [0.3, 0.4) is 0 Å². The van der Waals surface area contributed by atoms with E-state index in [1.807, 2.05) is 30.3 Å². The van der Waals surface area contributed by atoms with E-state index in [1.165, 1.54) is 0 Å². The summed E-state index contributed by atoms with van der Waals surface area (Å²) in [6.45, 7) is 0.909. The second-order valence-electron chi connectivity index (χ2n) is 4.82. The predicted octanol–water partition coefficient (Wildman–Crippen LogP) is 1.67. The molecule has 0 saturated heterocycles. The van der Waals surface area contributed by atoms with Gasteiger partial charge in [0.05, 0.1) is 11.1 Å². The molecule has 3 rings (SSSR count). The molecule has 0 bridgehead atoms. The molecule has 0 aliphatic carbocycles. The van der Waals surface area contributed by atoms with Gasteiger partial charge in [0.2, 0.25) is 0 Å². The molecule has 0 fully saturated rings. The van der Waals surface area contributed by atoms with Crippen LogP contribution < -0.4 is 16.2 Å². The summed E-state index contributed by atoms with van der Waals surface area (Å²) in [6, 6.07) is 12.8. The van der Waals surface area contributed by atoms with E-state index in [2.05, 4.69) is 9.97 Å². The molecule has 0 atom stereocenters. The van der Waals surface area contributed by atoms with Gasteiger partial charge < -0.3 is 21.2 Å². The topological polar surface area (TPSA) is 107 Å². The number of carbonyl (C=O) groups excluding carboxylic acids is 1. The Hall–Kier alpha value is -2.86. The van der Waals surface area contributed by atoms with Crippen LogP contribution in [0.25, 0.3) is 22.4 Å². The van der Waals surface area contributed by atoms with Crippen molar-refractivity contribution in [2.24, 2.45) is 11.5 Å². The molecule has 1 aromatic heterocycles. The number of hydrogen-bond donors (Lipinski definition) is 3. The zero-order valence-electron chi connectivity index (χ0n) is 11.9. The van der Waals surface area contributed by atoms with E-state index < -0.39 is 5.91 Å². The van der Waals surface area contributed by atoms with Crippen LogP contribution in [0.2, 0.25) is 0 Å². The van der Waals surface area contributed by atoms with Crippen molar-refractivity contribution in [3.63, 3.8) is 0 Å². The third-order valence-corrected chi connectivity index (χ3v) is 3.27. The number of fused-ring (bicyclic) bond motifs is 1. The highest BCUT2D eigenvalue weighted by atomic mass is 16.5. The van der Waals surface area contributed by atoms with Gasteiger partial charge in [0, 0.05) is 12.1 Å². The van der Waals surface area contributed by atoms with Crippen molar-refractivity contribution < 1.29 is 9.53 Å². The first kappa shape index (κ1) is 14.1. The van der Waals surface area contributed by atoms with E-state index in [4.69, 9.17) is 16.2 Å². The zero-order chi connectivity index (χ0) is 15.5. The van der Waals surface area contributed by atoms with Crippen molar-refractivity contribution in [2.75, 3.05) is 13.2 Å². The number of imidazole rings is 1. The lowest BCUT2D eigenvalue weighted by Gasteiger charge is -2.05. The first-order valence-electron chi connectivity index (χ1n) is 6.91. The molecule has 0 spiro atoms. The standard InChI is InChI=1S/C16H16N4O2/c17-7-8-22-11-4-1-3-10(9-11)16-19-13-6-2-5-12(15(18)21)14(13)20-16/h1-6,9H,7-8,17H2,(H2,18,21)(H,19,20). The van der Waals surface area contributed by atoms with Crippen LogP contribution in [0.5, 0.6) is 5.75 Å². The largest absolute Gasteiger partial charge is 0.492 e. The molecule has 1 heterocycles. The van der Waals surface area contributed by atoms with E-state index in [1.54, 1.807) is 12.1 Å². The van der Waals surface area contributed by atoms with Gasteiger partial charge in [-0.25, -0.2) is 4.98 Å². The second kappa shape index (κ2) is 5.87. The molecule has 1 amide bonds. The maximum Gasteiger partial charge on any atom is 0.250 e. The summed E-state index contributed by atoms with van der Waals surface area (Å²) in [5.41, 5.74) is 13.4. The van der Waals surface area contributed by atoms with Gasteiger partial charge in [-0.3, -0.25) is 4.79 Å². The Labute approximate surface area is 127 Å². The summed E-state index contributed by atoms with van der Waals surface area (Å²) < 4.78 is 5.51. The molecule has 5 N–H and O–H groups in total. The number of primary amides is 1. The summed E-state index contributed by atoms with van der Waals surface area (Å²) in [5.74, 6) is 0.879. The van der Waals surface area contributed by atoms with Gasteiger partial charge in [0.15, 0.2) is 0 Å². The molecule has 6 nitrogen and oxygen atoms in total. The Morgan fingerprint density at radius 2 is 2.05 bits per heavy atom. The summed E-state index contributed by atoms with van der Waals surface area (Å²) in [7, 11) is 0. The number of nitrogens with one attached hydrogen (secondary N) is 1. The average Bonchev–Trinajstić information content (AvgIpc) is 2.97. The molecule has 0 aliphatic heterocycles. The van der Waals surface area contributed by atoms with Crippen LogP contribution in [-0.4, -0.2) is 29.0 Å². The number of nitrogens with zero attached hydrogens (tertiary/aromatic N) is 1. The van der Waals surface area contributed by atoms with Crippen molar-refractivity contribution in [3.8, 4) is 17.1 Å². The third-order valence-electron chi connectivity index (χ3n) is 3.27. The molecule has 0 aliphatic rings. The van der Waals surface area contributed by atoms with E-state index >= 15 is 0 Å². The minimum absolute atomic E-state index is 0.399. The fourth-order valence-corrected chi connectivity index (χ4v) is 2.28. The maximum absolute atomic E-state index is 11.5. The molecule has 3 aromatic rings. The Morgan fingerprint density at radius 3 is 2.82 bits per heavy atom. The van der Waals surface area contributed by atoms with Crippen molar-refractivity contribution in [3.05, 3.63) is 48.0 Å². The summed E-state index contributed by atoms with van der Waals surface area (Å²) >= 11 is 0. The number of ether oxygens (including phenoxy) is 1. The average molecular weight is 296 g/mol. The molecular weight excluding hydrogens is 280 g/mol. The predicted molar refractivity (Wildman–Crippen MR) is 84.6 cm³/mol. The van der Waals surface area contributed by atoms with Crippen molar-refractivity contribution in [2.45, 2.75) is 0 Å². The fourth-order valence-electron chi connectivity index (χ4n) is 2.28. The van der Waals surface area contributed by atoms with Crippen molar-refractivity contribution >= 4 is 16.9 Å². The van der Waals surface area contributed by atoms with Crippen LogP contribution in [0.1, 0.15) is 10.4 Å². The number of para-hydroxylation sites is 1. The highest BCUT2D eigenvalue weighted by Gasteiger charge is 2.12. The van der Waals surface area contributed by atoms with Crippen LogP contribution in [0.15, 0.2) is 42.5 Å². The number of benzene rings is 2. The fraction of sp³-hybridized carbons (Fsp3) is 0.125. The second-order valence-corrected chi connectivity index (χ2v) is 4.82. The van der Waals surface area contributed by atoms with Crippen molar-refractivity contribution in [1.29, 1.82) is 0 Å². The molecule has 112 valence electrons. The minimum atomic E-state index is -0.497. The van der Waals surface area contributed by atoms with E-state index in [0.717, 1.165) is 16.8 Å². The molecule has 0 unspecified atom stereocenters. The van der Waals surface area contributed by atoms with Gasteiger partial charge in [0.1, 0.15) is 23.7 Å². The van der Waals surface area contributed by atoms with E-state index in [0.29, 0.717) is 30.1 Å². The number of aromatic nitrogens is 2. The Morgan fingerprint density at radius 1 is 1.23 bits per heavy atom. The smallest absolute Gasteiger partial charge is 0.250 e. The van der Waals surface area contributed by atoms with Crippen LogP contribution in [-0.2, 0) is 0 Å². The quantitative estimate of drug-likeness (QED) is 0.665. The van der Waals surface area contributed by atoms with Gasteiger partial charge in [0.25, 0.3) is 5.91 Å². The Kier molecular flexibility index (Phi) is 3.76. The van der Waals surface area contributed by atoms with E-state index in [9.17, 15) is 4.79 Å². The zero-order valence-corrected chi connectivity index (χ0v) is 11.9. The molecule has 22 heavy (non-hydrogen) atoms. The Bertz CT molecular complexity index is 826. The highest BCUT2D eigenvalue weighted by molar-refractivity contribution is 6.04. The van der Waals surface area contributed by atoms with Gasteiger partial charge in [-0.15, -0.1) is 0 Å². The van der Waals surface area contributed by atoms with Gasteiger partial charge >= 0.3 is 0 Å². The van der Waals surface area contributed by atoms with Crippen LogP contribution in [0, 0.1) is 0 Å². The van der Waals surface area contributed by atoms with E-state index in [-0.39, 0.29) is 0 Å². The molecule has 0 saturated carbocycles. The third kappa shape index (κ3) is 2.64. The molecular formula is C16H16N4O2. The lowest BCUT2D eigenvalue weighted by atomic mass is 10.2. The molecule has 6 heteroatoms. The minimum Gasteiger partial charge on any atom is -0.492 e. The SMILES string of the molecule is NCCOc1cccc(-c2nc3c(C(N)=O)cccc3[nH]2)c1. The molecule has 0 radical (unpaired) electrons. The van der Waals surface area contributed by atoms with Crippen LogP contribution in [0.4, 0.5) is 0 Å². The van der Waals surface area contributed by atoms with Gasteiger partial charge in [-0.2, -0.15) is 0 Å². The normalized spacial score (nSPS) is 10.8.